The number of hydrogen-bond acceptors (Lipinski definition) is 5. The van der Waals surface area contributed by atoms with E-state index in [1.165, 1.54) is 30.3 Å². The second-order valence-corrected chi connectivity index (χ2v) is 6.84. The quantitative estimate of drug-likeness (QED) is 0.435. The molecule has 1 amide bonds. The number of nitrogens with one attached hydrogen (secondary N) is 2. The molecule has 0 aliphatic carbocycles. The van der Waals surface area contributed by atoms with Crippen LogP contribution < -0.4 is 10.1 Å². The van der Waals surface area contributed by atoms with E-state index in [0.29, 0.717) is 10.2 Å². The minimum Gasteiger partial charge on any atom is -0.406 e. The minimum atomic E-state index is -4.81. The highest BCUT2D eigenvalue weighted by Gasteiger charge is 2.31. The number of fused-ring (bicyclic) bond motifs is 2. The van der Waals surface area contributed by atoms with E-state index in [1.807, 2.05) is 0 Å². The maximum absolute atomic E-state index is 12.7. The lowest BCUT2D eigenvalue weighted by Gasteiger charge is -2.07. The molecular formula is C17H9F5N4O2S. The van der Waals surface area contributed by atoms with Crippen LogP contribution in [0.2, 0.25) is 0 Å². The molecule has 0 aliphatic heterocycles. The predicted octanol–water partition coefficient (Wildman–Crippen LogP) is 5.26. The van der Waals surface area contributed by atoms with Gasteiger partial charge in [0.1, 0.15) is 5.75 Å². The van der Waals surface area contributed by atoms with E-state index in [-0.39, 0.29) is 21.7 Å². The van der Waals surface area contributed by atoms with Crippen molar-refractivity contribution in [3.63, 3.8) is 0 Å². The number of imidazole rings is 1. The fourth-order valence-corrected chi connectivity index (χ4v) is 3.49. The van der Waals surface area contributed by atoms with Crippen LogP contribution >= 0.6 is 11.3 Å². The number of alkyl halides is 5. The van der Waals surface area contributed by atoms with Crippen LogP contribution in [0, 0.1) is 0 Å². The van der Waals surface area contributed by atoms with Gasteiger partial charge in [0.15, 0.2) is 11.0 Å². The van der Waals surface area contributed by atoms with Crippen molar-refractivity contribution >= 4 is 43.6 Å². The van der Waals surface area contributed by atoms with Crippen LogP contribution in [0.1, 0.15) is 22.6 Å². The molecule has 29 heavy (non-hydrogen) atoms. The van der Waals surface area contributed by atoms with Crippen LogP contribution in [0.3, 0.4) is 0 Å². The smallest absolute Gasteiger partial charge is 0.406 e. The summed E-state index contributed by atoms with van der Waals surface area (Å²) in [6, 6.07) is 7.83. The normalized spacial score (nSPS) is 12.1. The molecule has 0 unspecified atom stereocenters. The molecule has 0 saturated heterocycles. The van der Waals surface area contributed by atoms with Gasteiger partial charge in [0.2, 0.25) is 0 Å². The van der Waals surface area contributed by atoms with Crippen molar-refractivity contribution in [2.75, 3.05) is 5.32 Å². The Morgan fingerprint density at radius 2 is 1.86 bits per heavy atom. The van der Waals surface area contributed by atoms with Gasteiger partial charge in [-0.05, 0) is 30.3 Å². The SMILES string of the molecule is O=C(Nc1nc2ccc(OC(F)(F)F)cc2s1)c1ccc2nc(C(F)F)[nH]c2c1. The number of halogens is 5. The number of carbonyl (C=O) groups is 1. The summed E-state index contributed by atoms with van der Waals surface area (Å²) in [7, 11) is 0. The van der Waals surface area contributed by atoms with E-state index in [2.05, 4.69) is 25.0 Å². The van der Waals surface area contributed by atoms with Crippen LogP contribution in [0.15, 0.2) is 36.4 Å². The van der Waals surface area contributed by atoms with Gasteiger partial charge in [-0.15, -0.1) is 13.2 Å². The van der Waals surface area contributed by atoms with E-state index >= 15 is 0 Å². The van der Waals surface area contributed by atoms with E-state index in [0.717, 1.165) is 17.4 Å². The van der Waals surface area contributed by atoms with Crippen LogP contribution in [-0.4, -0.2) is 27.2 Å². The Bertz CT molecular complexity index is 1220. The molecule has 2 aromatic heterocycles. The van der Waals surface area contributed by atoms with Crippen molar-refractivity contribution in [3.05, 3.63) is 47.8 Å². The largest absolute Gasteiger partial charge is 0.573 e. The third-order valence-corrected chi connectivity index (χ3v) is 4.72. The molecule has 2 heterocycles. The molecular weight excluding hydrogens is 419 g/mol. The average Bonchev–Trinajstić information content (AvgIpc) is 3.22. The van der Waals surface area contributed by atoms with Gasteiger partial charge in [0, 0.05) is 11.6 Å². The number of aromatic amines is 1. The molecule has 150 valence electrons. The summed E-state index contributed by atoms with van der Waals surface area (Å²) in [5.41, 5.74) is 1.10. The minimum absolute atomic E-state index is 0.159. The third kappa shape index (κ3) is 4.11. The third-order valence-electron chi connectivity index (χ3n) is 3.78. The molecule has 0 atom stereocenters. The Morgan fingerprint density at radius 1 is 1.10 bits per heavy atom. The average molecular weight is 428 g/mol. The molecule has 0 fully saturated rings. The summed E-state index contributed by atoms with van der Waals surface area (Å²) in [6.45, 7) is 0. The number of rotatable bonds is 4. The molecule has 0 spiro atoms. The van der Waals surface area contributed by atoms with Gasteiger partial charge in [-0.25, -0.2) is 18.7 Å². The van der Waals surface area contributed by atoms with Crippen molar-refractivity contribution in [2.24, 2.45) is 0 Å². The lowest BCUT2D eigenvalue weighted by Crippen LogP contribution is -2.16. The molecule has 0 radical (unpaired) electrons. The highest BCUT2D eigenvalue weighted by Crippen LogP contribution is 2.32. The van der Waals surface area contributed by atoms with Crippen molar-refractivity contribution < 1.29 is 31.5 Å². The zero-order valence-electron chi connectivity index (χ0n) is 14.1. The number of hydrogen-bond donors (Lipinski definition) is 2. The molecule has 2 aromatic carbocycles. The number of H-pyrrole nitrogens is 1. The Kier molecular flexibility index (Phi) is 4.57. The van der Waals surface area contributed by atoms with E-state index in [1.54, 1.807) is 0 Å². The summed E-state index contributed by atoms with van der Waals surface area (Å²) in [4.78, 5) is 22.7. The standard InChI is InChI=1S/C17H9F5N4O2S/c18-13(19)14-23-9-3-1-7(5-11(9)24-14)15(27)26-16-25-10-4-2-8(6-12(10)29-16)28-17(20,21)22/h1-6,13H,(H,23,24)(H,25,26,27). The van der Waals surface area contributed by atoms with Crippen molar-refractivity contribution in [3.8, 4) is 5.75 Å². The first-order valence-electron chi connectivity index (χ1n) is 7.93. The van der Waals surface area contributed by atoms with Gasteiger partial charge in [0.25, 0.3) is 12.3 Å². The van der Waals surface area contributed by atoms with Gasteiger partial charge in [-0.3, -0.25) is 10.1 Å². The molecule has 4 rings (SSSR count). The fourth-order valence-electron chi connectivity index (χ4n) is 2.60. The van der Waals surface area contributed by atoms with Crippen LogP contribution in [0.4, 0.5) is 27.1 Å². The molecule has 0 bridgehead atoms. The van der Waals surface area contributed by atoms with Crippen LogP contribution in [-0.2, 0) is 0 Å². The number of carbonyl (C=O) groups excluding carboxylic acids is 1. The Balaban J connectivity index is 1.56. The lowest BCUT2D eigenvalue weighted by molar-refractivity contribution is -0.274. The number of ether oxygens (including phenoxy) is 1. The Morgan fingerprint density at radius 3 is 2.59 bits per heavy atom. The van der Waals surface area contributed by atoms with E-state index in [4.69, 9.17) is 0 Å². The van der Waals surface area contributed by atoms with E-state index in [9.17, 15) is 26.7 Å². The monoisotopic (exact) mass is 428 g/mol. The second kappa shape index (κ2) is 6.95. The highest BCUT2D eigenvalue weighted by atomic mass is 32.1. The zero-order chi connectivity index (χ0) is 20.8. The summed E-state index contributed by atoms with van der Waals surface area (Å²) in [5, 5.41) is 2.69. The van der Waals surface area contributed by atoms with Gasteiger partial charge in [0.05, 0.1) is 21.3 Å². The molecule has 2 N–H and O–H groups in total. The van der Waals surface area contributed by atoms with Crippen LogP contribution in [0.5, 0.6) is 5.75 Å². The maximum Gasteiger partial charge on any atom is 0.573 e. The first-order chi connectivity index (χ1) is 13.7. The van der Waals surface area contributed by atoms with Crippen molar-refractivity contribution in [1.82, 2.24) is 15.0 Å². The topological polar surface area (TPSA) is 79.9 Å². The van der Waals surface area contributed by atoms with Gasteiger partial charge >= 0.3 is 6.36 Å². The first kappa shape index (κ1) is 19.1. The number of amides is 1. The van der Waals surface area contributed by atoms with Crippen molar-refractivity contribution in [2.45, 2.75) is 12.8 Å². The summed E-state index contributed by atoms with van der Waals surface area (Å²) < 4.78 is 66.7. The first-order valence-corrected chi connectivity index (χ1v) is 8.75. The van der Waals surface area contributed by atoms with Gasteiger partial charge in [-0.1, -0.05) is 11.3 Å². The second-order valence-electron chi connectivity index (χ2n) is 5.81. The number of aromatic nitrogens is 3. The van der Waals surface area contributed by atoms with E-state index < -0.39 is 30.3 Å². The number of anilines is 1. The molecule has 0 aliphatic rings. The molecule has 12 heteroatoms. The van der Waals surface area contributed by atoms with Crippen LogP contribution in [0.25, 0.3) is 21.3 Å². The predicted molar refractivity (Wildman–Crippen MR) is 95.3 cm³/mol. The Hall–Kier alpha value is -3.28. The molecule has 0 saturated carbocycles. The van der Waals surface area contributed by atoms with Gasteiger partial charge < -0.3 is 9.72 Å². The fraction of sp³-hybridized carbons (Fsp3) is 0.118. The highest BCUT2D eigenvalue weighted by molar-refractivity contribution is 7.22. The molecule has 6 nitrogen and oxygen atoms in total. The summed E-state index contributed by atoms with van der Waals surface area (Å²) in [6.07, 6.45) is -7.58. The Labute approximate surface area is 162 Å². The lowest BCUT2D eigenvalue weighted by atomic mass is 10.2. The molecule has 4 aromatic rings. The maximum atomic E-state index is 12.7. The zero-order valence-corrected chi connectivity index (χ0v) is 14.9. The van der Waals surface area contributed by atoms with Gasteiger partial charge in [-0.2, -0.15) is 0 Å². The number of benzene rings is 2. The summed E-state index contributed by atoms with van der Waals surface area (Å²) >= 11 is 0.962. The van der Waals surface area contributed by atoms with Crippen molar-refractivity contribution in [1.29, 1.82) is 0 Å². The summed E-state index contributed by atoms with van der Waals surface area (Å²) in [5.74, 6) is -1.46. The number of nitrogens with zero attached hydrogens (tertiary/aromatic N) is 2. The number of thiazole rings is 1.